The van der Waals surface area contributed by atoms with Crippen molar-refractivity contribution in [3.8, 4) is 11.5 Å². The molecular formula is C15H16N2O3. The van der Waals surface area contributed by atoms with Crippen molar-refractivity contribution in [1.82, 2.24) is 0 Å². The number of aromatic hydroxyl groups is 1. The fourth-order valence-electron chi connectivity index (χ4n) is 1.91. The van der Waals surface area contributed by atoms with Crippen LogP contribution in [0.3, 0.4) is 0 Å². The molecular weight excluding hydrogens is 256 g/mol. The minimum Gasteiger partial charge on any atom is -0.508 e. The molecule has 0 radical (unpaired) electrons. The first-order valence-electron chi connectivity index (χ1n) is 6.04. The van der Waals surface area contributed by atoms with Gasteiger partial charge in [-0.2, -0.15) is 0 Å². The lowest BCUT2D eigenvalue weighted by Gasteiger charge is -2.20. The Labute approximate surface area is 117 Å². The van der Waals surface area contributed by atoms with Gasteiger partial charge < -0.3 is 20.5 Å². The third kappa shape index (κ3) is 2.51. The van der Waals surface area contributed by atoms with E-state index < -0.39 is 0 Å². The molecule has 0 aliphatic carbocycles. The Morgan fingerprint density at radius 1 is 1.20 bits per heavy atom. The quantitative estimate of drug-likeness (QED) is 0.840. The number of phenols is 1. The molecule has 0 saturated heterocycles. The lowest BCUT2D eigenvalue weighted by molar-refractivity contribution is 0.0991. The van der Waals surface area contributed by atoms with Crippen LogP contribution in [0.15, 0.2) is 42.5 Å². The van der Waals surface area contributed by atoms with Crippen LogP contribution in [0.1, 0.15) is 10.4 Å². The summed E-state index contributed by atoms with van der Waals surface area (Å²) in [6, 6.07) is 11.4. The van der Waals surface area contributed by atoms with Gasteiger partial charge in [-0.1, -0.05) is 6.07 Å². The van der Waals surface area contributed by atoms with Crippen molar-refractivity contribution < 1.29 is 14.6 Å². The fraction of sp³-hybridized carbons (Fsp3) is 0.133. The maximum atomic E-state index is 12.5. The summed E-state index contributed by atoms with van der Waals surface area (Å²) in [5, 5.41) is 9.28. The van der Waals surface area contributed by atoms with E-state index in [9.17, 15) is 9.90 Å². The van der Waals surface area contributed by atoms with E-state index in [-0.39, 0.29) is 11.7 Å². The van der Waals surface area contributed by atoms with Crippen LogP contribution >= 0.6 is 0 Å². The van der Waals surface area contributed by atoms with E-state index >= 15 is 0 Å². The second-order valence-electron chi connectivity index (χ2n) is 4.31. The van der Waals surface area contributed by atoms with Gasteiger partial charge in [-0.05, 0) is 36.4 Å². The van der Waals surface area contributed by atoms with Crippen LogP contribution in [-0.2, 0) is 0 Å². The van der Waals surface area contributed by atoms with Crippen LogP contribution in [0, 0.1) is 0 Å². The second kappa shape index (κ2) is 5.52. The van der Waals surface area contributed by atoms with E-state index in [4.69, 9.17) is 10.5 Å². The van der Waals surface area contributed by atoms with Gasteiger partial charge in [0.1, 0.15) is 17.1 Å². The predicted molar refractivity (Wildman–Crippen MR) is 78.2 cm³/mol. The molecule has 0 heterocycles. The third-order valence-electron chi connectivity index (χ3n) is 3.03. The Morgan fingerprint density at radius 3 is 2.45 bits per heavy atom. The molecule has 5 nitrogen and oxygen atoms in total. The summed E-state index contributed by atoms with van der Waals surface area (Å²) in [4.78, 5) is 14.0. The van der Waals surface area contributed by atoms with Gasteiger partial charge in [0.15, 0.2) is 0 Å². The van der Waals surface area contributed by atoms with E-state index in [1.165, 1.54) is 24.1 Å². The number of hydrogen-bond acceptors (Lipinski definition) is 4. The summed E-state index contributed by atoms with van der Waals surface area (Å²) in [7, 11) is 3.13. The third-order valence-corrected chi connectivity index (χ3v) is 3.03. The molecule has 3 N–H and O–H groups in total. The molecule has 0 fully saturated rings. The number of carbonyl (C=O) groups excluding carboxylic acids is 1. The first-order chi connectivity index (χ1) is 9.54. The van der Waals surface area contributed by atoms with Gasteiger partial charge in [0.2, 0.25) is 0 Å². The van der Waals surface area contributed by atoms with Crippen molar-refractivity contribution in [2.75, 3.05) is 24.8 Å². The van der Waals surface area contributed by atoms with Gasteiger partial charge >= 0.3 is 0 Å². The number of benzene rings is 2. The summed E-state index contributed by atoms with van der Waals surface area (Å²) in [5.74, 6) is 0.303. The number of carbonyl (C=O) groups is 1. The summed E-state index contributed by atoms with van der Waals surface area (Å²) in [5.41, 5.74) is 7.21. The zero-order valence-corrected chi connectivity index (χ0v) is 11.3. The van der Waals surface area contributed by atoms with Gasteiger partial charge in [0.25, 0.3) is 5.91 Å². The van der Waals surface area contributed by atoms with Crippen LogP contribution < -0.4 is 15.4 Å². The van der Waals surface area contributed by atoms with Gasteiger partial charge in [0.05, 0.1) is 7.11 Å². The molecule has 0 unspecified atom stereocenters. The minimum absolute atomic E-state index is 0.145. The van der Waals surface area contributed by atoms with E-state index in [0.29, 0.717) is 22.7 Å². The standard InChI is InChI=1S/C15H16N2O3/c1-17(10-6-8-11(18)9-7-10)15(19)14-12(16)4-3-5-13(14)20-2/h3-9,18H,16H2,1-2H3. The largest absolute Gasteiger partial charge is 0.508 e. The molecule has 0 saturated carbocycles. The molecule has 2 aromatic rings. The molecule has 0 aliphatic heterocycles. The highest BCUT2D eigenvalue weighted by Crippen LogP contribution is 2.27. The lowest BCUT2D eigenvalue weighted by Crippen LogP contribution is -2.27. The first-order valence-corrected chi connectivity index (χ1v) is 6.04. The molecule has 104 valence electrons. The predicted octanol–water partition coefficient (Wildman–Crippen LogP) is 2.26. The molecule has 0 aliphatic rings. The number of rotatable bonds is 3. The van der Waals surface area contributed by atoms with E-state index in [1.807, 2.05) is 0 Å². The number of nitrogens with two attached hydrogens (primary N) is 1. The van der Waals surface area contributed by atoms with Crippen molar-refractivity contribution in [1.29, 1.82) is 0 Å². The average Bonchev–Trinajstić information content (AvgIpc) is 2.46. The Balaban J connectivity index is 2.38. The number of hydrogen-bond donors (Lipinski definition) is 2. The maximum absolute atomic E-state index is 12.5. The van der Waals surface area contributed by atoms with Crippen molar-refractivity contribution in [2.24, 2.45) is 0 Å². The van der Waals surface area contributed by atoms with Gasteiger partial charge in [-0.25, -0.2) is 0 Å². The first kappa shape index (κ1) is 13.7. The molecule has 0 aromatic heterocycles. The number of nitrogens with zero attached hydrogens (tertiary/aromatic N) is 1. The Hall–Kier alpha value is -2.69. The number of amides is 1. The normalized spacial score (nSPS) is 10.1. The van der Waals surface area contributed by atoms with Crippen molar-refractivity contribution >= 4 is 17.3 Å². The second-order valence-corrected chi connectivity index (χ2v) is 4.31. The number of phenolic OH excluding ortho intramolecular Hbond substituents is 1. The van der Waals surface area contributed by atoms with Crippen molar-refractivity contribution in [2.45, 2.75) is 0 Å². The monoisotopic (exact) mass is 272 g/mol. The maximum Gasteiger partial charge on any atom is 0.263 e. The molecule has 2 rings (SSSR count). The van der Waals surface area contributed by atoms with E-state index in [2.05, 4.69) is 0 Å². The van der Waals surface area contributed by atoms with Gasteiger partial charge in [0, 0.05) is 18.4 Å². The minimum atomic E-state index is -0.273. The average molecular weight is 272 g/mol. The Morgan fingerprint density at radius 2 is 1.85 bits per heavy atom. The molecule has 5 heteroatoms. The van der Waals surface area contributed by atoms with Crippen molar-refractivity contribution in [3.63, 3.8) is 0 Å². The van der Waals surface area contributed by atoms with Crippen LogP contribution in [0.25, 0.3) is 0 Å². The van der Waals surface area contributed by atoms with Crippen LogP contribution in [0.4, 0.5) is 11.4 Å². The molecule has 20 heavy (non-hydrogen) atoms. The van der Waals surface area contributed by atoms with Crippen molar-refractivity contribution in [3.05, 3.63) is 48.0 Å². The zero-order valence-electron chi connectivity index (χ0n) is 11.3. The van der Waals surface area contributed by atoms with E-state index in [0.717, 1.165) is 0 Å². The van der Waals surface area contributed by atoms with Crippen LogP contribution in [0.2, 0.25) is 0 Å². The summed E-state index contributed by atoms with van der Waals surface area (Å²) >= 11 is 0. The molecule has 0 spiro atoms. The lowest BCUT2D eigenvalue weighted by atomic mass is 10.1. The van der Waals surface area contributed by atoms with Gasteiger partial charge in [-0.3, -0.25) is 4.79 Å². The number of ether oxygens (including phenoxy) is 1. The summed E-state index contributed by atoms with van der Waals surface area (Å²) in [6.07, 6.45) is 0. The SMILES string of the molecule is COc1cccc(N)c1C(=O)N(C)c1ccc(O)cc1. The molecule has 0 bridgehead atoms. The molecule has 2 aromatic carbocycles. The number of anilines is 2. The zero-order chi connectivity index (χ0) is 14.7. The molecule has 0 atom stereocenters. The molecule has 1 amide bonds. The van der Waals surface area contributed by atoms with Crippen LogP contribution in [0.5, 0.6) is 11.5 Å². The highest BCUT2D eigenvalue weighted by atomic mass is 16.5. The Kier molecular flexibility index (Phi) is 3.79. The topological polar surface area (TPSA) is 75.8 Å². The highest BCUT2D eigenvalue weighted by Gasteiger charge is 2.20. The smallest absolute Gasteiger partial charge is 0.263 e. The van der Waals surface area contributed by atoms with E-state index in [1.54, 1.807) is 37.4 Å². The summed E-state index contributed by atoms with van der Waals surface area (Å²) in [6.45, 7) is 0. The van der Waals surface area contributed by atoms with Crippen LogP contribution in [-0.4, -0.2) is 25.2 Å². The highest BCUT2D eigenvalue weighted by molar-refractivity contribution is 6.10. The van der Waals surface area contributed by atoms with Gasteiger partial charge in [-0.15, -0.1) is 0 Å². The summed E-state index contributed by atoms with van der Waals surface area (Å²) < 4.78 is 5.18. The number of methoxy groups -OCH3 is 1. The fourth-order valence-corrected chi connectivity index (χ4v) is 1.91. The number of nitrogen functional groups attached to an aromatic ring is 1. The Bertz CT molecular complexity index is 624.